The minimum absolute atomic E-state index is 0.173. The number of amides is 1. The van der Waals surface area contributed by atoms with E-state index >= 15 is 0 Å². The van der Waals surface area contributed by atoms with E-state index in [0.717, 1.165) is 16.7 Å². The number of aryl methyl sites for hydroxylation is 3. The number of sulfonamides is 1. The van der Waals surface area contributed by atoms with Gasteiger partial charge in [0.15, 0.2) is 0 Å². The maximum absolute atomic E-state index is 12.7. The summed E-state index contributed by atoms with van der Waals surface area (Å²) in [6, 6.07) is 19.0. The van der Waals surface area contributed by atoms with Crippen molar-refractivity contribution in [2.45, 2.75) is 38.6 Å². The zero-order chi connectivity index (χ0) is 21.9. The summed E-state index contributed by atoms with van der Waals surface area (Å²) in [5.74, 6) is -0.265. The molecular weight excluding hydrogens is 396 g/mol. The van der Waals surface area contributed by atoms with Crippen LogP contribution in [-0.2, 0) is 10.0 Å². The first-order valence-electron chi connectivity index (χ1n) is 9.73. The Balaban J connectivity index is 1.76. The molecule has 1 atom stereocenters. The predicted molar refractivity (Wildman–Crippen MR) is 120 cm³/mol. The Bertz CT molecular complexity index is 1170. The van der Waals surface area contributed by atoms with Crippen molar-refractivity contribution in [1.82, 2.24) is 5.32 Å². The summed E-state index contributed by atoms with van der Waals surface area (Å²) in [4.78, 5) is 12.9. The molecule has 0 radical (unpaired) electrons. The number of nitrogens with one attached hydrogen (secondary N) is 2. The van der Waals surface area contributed by atoms with Gasteiger partial charge in [-0.05, 0) is 69.2 Å². The molecule has 0 fully saturated rings. The van der Waals surface area contributed by atoms with Gasteiger partial charge in [-0.25, -0.2) is 8.42 Å². The number of carbonyl (C=O) groups excluding carboxylic acids is 1. The Labute approximate surface area is 178 Å². The third-order valence-electron chi connectivity index (χ3n) is 4.95. The van der Waals surface area contributed by atoms with Crippen molar-refractivity contribution in [1.29, 1.82) is 0 Å². The highest BCUT2D eigenvalue weighted by Gasteiger charge is 2.16. The normalized spacial score (nSPS) is 12.3. The molecule has 0 aliphatic rings. The second kappa shape index (κ2) is 8.71. The SMILES string of the molecule is Cc1ccc(S(=O)(=O)Nc2cccc(C(=O)N[C@@H](C)c3ccc(C)cc3C)c2)cc1. The van der Waals surface area contributed by atoms with Crippen molar-refractivity contribution in [3.8, 4) is 0 Å². The van der Waals surface area contributed by atoms with Gasteiger partial charge < -0.3 is 5.32 Å². The summed E-state index contributed by atoms with van der Waals surface area (Å²) in [6.45, 7) is 7.87. The first kappa shape index (κ1) is 21.6. The third-order valence-corrected chi connectivity index (χ3v) is 6.34. The number of anilines is 1. The largest absolute Gasteiger partial charge is 0.346 e. The van der Waals surface area contributed by atoms with Crippen LogP contribution >= 0.6 is 0 Å². The van der Waals surface area contributed by atoms with Gasteiger partial charge in [-0.3, -0.25) is 9.52 Å². The van der Waals surface area contributed by atoms with E-state index in [9.17, 15) is 13.2 Å². The van der Waals surface area contributed by atoms with E-state index in [-0.39, 0.29) is 16.8 Å². The molecule has 0 bridgehead atoms. The zero-order valence-corrected chi connectivity index (χ0v) is 18.4. The quantitative estimate of drug-likeness (QED) is 0.593. The van der Waals surface area contributed by atoms with Crippen molar-refractivity contribution in [3.05, 3.63) is 94.5 Å². The first-order chi connectivity index (χ1) is 14.2. The summed E-state index contributed by atoms with van der Waals surface area (Å²) in [5, 5.41) is 2.98. The third kappa shape index (κ3) is 5.07. The highest BCUT2D eigenvalue weighted by atomic mass is 32.2. The Hall–Kier alpha value is -3.12. The molecule has 0 unspecified atom stereocenters. The highest BCUT2D eigenvalue weighted by molar-refractivity contribution is 7.92. The van der Waals surface area contributed by atoms with Crippen molar-refractivity contribution in [3.63, 3.8) is 0 Å². The summed E-state index contributed by atoms with van der Waals surface area (Å²) in [5.41, 5.74) is 5.03. The number of hydrogen-bond acceptors (Lipinski definition) is 3. The van der Waals surface area contributed by atoms with Crippen LogP contribution < -0.4 is 10.0 Å². The minimum atomic E-state index is -3.73. The lowest BCUT2D eigenvalue weighted by Gasteiger charge is -2.17. The topological polar surface area (TPSA) is 75.3 Å². The van der Waals surface area contributed by atoms with E-state index in [1.54, 1.807) is 42.5 Å². The molecule has 0 heterocycles. The van der Waals surface area contributed by atoms with Crippen LogP contribution in [0.4, 0.5) is 5.69 Å². The smallest absolute Gasteiger partial charge is 0.261 e. The fourth-order valence-corrected chi connectivity index (χ4v) is 4.37. The van der Waals surface area contributed by atoms with Gasteiger partial charge in [-0.15, -0.1) is 0 Å². The van der Waals surface area contributed by atoms with Crippen LogP contribution in [0.5, 0.6) is 0 Å². The van der Waals surface area contributed by atoms with Crippen LogP contribution in [0.2, 0.25) is 0 Å². The van der Waals surface area contributed by atoms with Crippen molar-refractivity contribution in [2.75, 3.05) is 4.72 Å². The second-order valence-electron chi connectivity index (χ2n) is 7.55. The van der Waals surface area contributed by atoms with E-state index in [0.29, 0.717) is 11.3 Å². The van der Waals surface area contributed by atoms with Crippen LogP contribution in [0.15, 0.2) is 71.6 Å². The Morgan fingerprint density at radius 3 is 2.20 bits per heavy atom. The molecule has 0 saturated carbocycles. The molecule has 3 rings (SSSR count). The molecule has 30 heavy (non-hydrogen) atoms. The van der Waals surface area contributed by atoms with Gasteiger partial charge in [0.05, 0.1) is 10.9 Å². The average molecular weight is 423 g/mol. The van der Waals surface area contributed by atoms with Crippen LogP contribution in [0.25, 0.3) is 0 Å². The van der Waals surface area contributed by atoms with Gasteiger partial charge >= 0.3 is 0 Å². The lowest BCUT2D eigenvalue weighted by atomic mass is 10.00. The van der Waals surface area contributed by atoms with Crippen molar-refractivity contribution < 1.29 is 13.2 Å². The van der Waals surface area contributed by atoms with Crippen molar-refractivity contribution >= 4 is 21.6 Å². The molecule has 6 heteroatoms. The minimum Gasteiger partial charge on any atom is -0.346 e. The van der Waals surface area contributed by atoms with Gasteiger partial charge in [-0.1, -0.05) is 47.5 Å². The fraction of sp³-hybridized carbons (Fsp3) is 0.208. The standard InChI is InChI=1S/C24H26N2O3S/c1-16-8-11-22(12-9-16)30(28,29)26-21-7-5-6-20(15-21)24(27)25-19(4)23-13-10-17(2)14-18(23)3/h5-15,19,26H,1-4H3,(H,25,27)/t19-/m0/s1. The van der Waals surface area contributed by atoms with Crippen LogP contribution in [0.1, 0.15) is 45.6 Å². The number of carbonyl (C=O) groups is 1. The summed E-state index contributed by atoms with van der Waals surface area (Å²) >= 11 is 0. The van der Waals surface area contributed by atoms with E-state index in [1.165, 1.54) is 11.6 Å². The molecular formula is C24H26N2O3S. The van der Waals surface area contributed by atoms with Crippen LogP contribution in [0.3, 0.4) is 0 Å². The molecule has 0 aromatic heterocycles. The maximum atomic E-state index is 12.7. The molecule has 3 aromatic rings. The van der Waals surface area contributed by atoms with Crippen molar-refractivity contribution in [2.24, 2.45) is 0 Å². The van der Waals surface area contributed by atoms with Crippen LogP contribution in [0, 0.1) is 20.8 Å². The number of hydrogen-bond donors (Lipinski definition) is 2. The summed E-state index contributed by atoms with van der Waals surface area (Å²) in [7, 11) is -3.73. The van der Waals surface area contributed by atoms with Crippen LogP contribution in [-0.4, -0.2) is 14.3 Å². The second-order valence-corrected chi connectivity index (χ2v) is 9.24. The average Bonchev–Trinajstić information content (AvgIpc) is 2.68. The Morgan fingerprint density at radius 2 is 1.53 bits per heavy atom. The Morgan fingerprint density at radius 1 is 0.867 bits per heavy atom. The van der Waals surface area contributed by atoms with Gasteiger partial charge in [0.25, 0.3) is 15.9 Å². The van der Waals surface area contributed by atoms with E-state index in [2.05, 4.69) is 16.1 Å². The monoisotopic (exact) mass is 422 g/mol. The molecule has 2 N–H and O–H groups in total. The summed E-state index contributed by atoms with van der Waals surface area (Å²) < 4.78 is 27.8. The fourth-order valence-electron chi connectivity index (χ4n) is 3.32. The molecule has 1 amide bonds. The number of benzene rings is 3. The lowest BCUT2D eigenvalue weighted by molar-refractivity contribution is 0.0940. The molecule has 0 saturated heterocycles. The first-order valence-corrected chi connectivity index (χ1v) is 11.2. The highest BCUT2D eigenvalue weighted by Crippen LogP contribution is 2.21. The van der Waals surface area contributed by atoms with Gasteiger partial charge in [0.1, 0.15) is 0 Å². The molecule has 0 aliphatic carbocycles. The molecule has 5 nitrogen and oxygen atoms in total. The maximum Gasteiger partial charge on any atom is 0.261 e. The molecule has 0 aliphatic heterocycles. The molecule has 0 spiro atoms. The molecule has 3 aromatic carbocycles. The lowest BCUT2D eigenvalue weighted by Crippen LogP contribution is -2.27. The van der Waals surface area contributed by atoms with E-state index < -0.39 is 10.0 Å². The van der Waals surface area contributed by atoms with E-state index in [1.807, 2.05) is 39.8 Å². The number of rotatable bonds is 6. The Kier molecular flexibility index (Phi) is 6.27. The van der Waals surface area contributed by atoms with Gasteiger partial charge in [0, 0.05) is 11.3 Å². The van der Waals surface area contributed by atoms with Gasteiger partial charge in [0.2, 0.25) is 0 Å². The molecule has 156 valence electrons. The van der Waals surface area contributed by atoms with E-state index in [4.69, 9.17) is 0 Å². The predicted octanol–water partition coefficient (Wildman–Crippen LogP) is 4.90. The zero-order valence-electron chi connectivity index (χ0n) is 17.6. The van der Waals surface area contributed by atoms with Gasteiger partial charge in [-0.2, -0.15) is 0 Å². The summed E-state index contributed by atoms with van der Waals surface area (Å²) in [6.07, 6.45) is 0.